The molecule has 3 aromatic rings. The van der Waals surface area contributed by atoms with Gasteiger partial charge in [-0.2, -0.15) is 0 Å². The number of likely N-dealkylation sites (N-methyl/N-ethyl adjacent to an activating group) is 1. The summed E-state index contributed by atoms with van der Waals surface area (Å²) in [5.41, 5.74) is -5.71. The van der Waals surface area contributed by atoms with Gasteiger partial charge < -0.3 is 9.30 Å². The average Bonchev–Trinajstić information content (AvgIpc) is 3.18. The summed E-state index contributed by atoms with van der Waals surface area (Å²) < 4.78 is 159. The van der Waals surface area contributed by atoms with Gasteiger partial charge in [-0.1, -0.05) is 35.8 Å². The predicted molar refractivity (Wildman–Crippen MR) is 92.5 cm³/mol. The molecule has 0 aliphatic carbocycles. The summed E-state index contributed by atoms with van der Waals surface area (Å²) in [6.07, 6.45) is -3.88. The Morgan fingerprint density at radius 2 is 1.96 bits per heavy atom. The molecule has 0 bridgehead atoms. The number of carbonyl (C=O) groups is 1. The highest BCUT2D eigenvalue weighted by molar-refractivity contribution is 5.81. The van der Waals surface area contributed by atoms with Crippen LogP contribution in [0.3, 0.4) is 0 Å². The van der Waals surface area contributed by atoms with Crippen LogP contribution in [0.1, 0.15) is 44.2 Å². The van der Waals surface area contributed by atoms with Gasteiger partial charge in [-0.15, -0.1) is 0 Å². The number of carbonyl (C=O) groups excluding carboxylic acids is 1. The van der Waals surface area contributed by atoms with Crippen LogP contribution in [-0.4, -0.2) is 34.1 Å². The molecule has 0 N–H and O–H groups in total. The summed E-state index contributed by atoms with van der Waals surface area (Å²) >= 11 is 0. The number of pyridine rings is 1. The van der Waals surface area contributed by atoms with E-state index in [4.69, 9.17) is 27.4 Å². The van der Waals surface area contributed by atoms with E-state index in [1.165, 1.54) is 0 Å². The van der Waals surface area contributed by atoms with E-state index in [2.05, 4.69) is 4.98 Å². The Bertz CT molecular complexity index is 1580. The lowest BCUT2D eigenvalue weighted by Gasteiger charge is -2.11. The molecular weight excluding hydrogens is 286 g/mol. The van der Waals surface area contributed by atoms with Crippen LogP contribution in [0.2, 0.25) is 0 Å². The maximum Gasteiger partial charge on any atom is 0.228 e. The molecule has 0 saturated carbocycles. The summed E-state index contributed by atoms with van der Waals surface area (Å²) in [5, 5.41) is 0. The molecule has 4 nitrogen and oxygen atoms in total. The molecule has 2 heterocycles. The van der Waals surface area contributed by atoms with E-state index in [1.807, 2.05) is 0 Å². The van der Waals surface area contributed by atoms with Crippen molar-refractivity contribution in [1.29, 1.82) is 0 Å². The van der Waals surface area contributed by atoms with Crippen LogP contribution in [0, 0.1) is 13.7 Å². The van der Waals surface area contributed by atoms with Gasteiger partial charge in [-0.3, -0.25) is 4.79 Å². The van der Waals surface area contributed by atoms with Crippen LogP contribution in [0.25, 0.3) is 16.9 Å². The molecule has 0 saturated heterocycles. The summed E-state index contributed by atoms with van der Waals surface area (Å²) in [5.74, 6) is -1.96. The summed E-state index contributed by atoms with van der Waals surface area (Å²) in [7, 11) is 0. The van der Waals surface area contributed by atoms with Gasteiger partial charge in [0, 0.05) is 43.5 Å². The highest BCUT2D eigenvalue weighted by Crippen LogP contribution is 2.26. The van der Waals surface area contributed by atoms with E-state index in [0.717, 1.165) is 0 Å². The first-order valence-corrected chi connectivity index (χ1v) is 6.07. The molecule has 3 rings (SSSR count). The molecule has 1 unspecified atom stereocenters. The van der Waals surface area contributed by atoms with Gasteiger partial charge in [-0.05, 0) is 25.3 Å². The van der Waals surface area contributed by atoms with Crippen molar-refractivity contribution in [3.63, 3.8) is 0 Å². The lowest BCUT2D eigenvalue weighted by atomic mass is 10.1. The molecule has 0 fully saturated rings. The van der Waals surface area contributed by atoms with E-state index in [9.17, 15) is 4.79 Å². The molecule has 2 aromatic heterocycles. The SMILES string of the molecule is [2H]c1c([2H])c(C([2H])([2H])[2H])c([2H])c([2H])c1-c1nc2c([2H])c([2H])c(C([2H])([2H])[2H])c([2H])n2c1C([2H])C(=O)N(C([2H])([2H])[2H])C([2H])([2H])[2H]. The van der Waals surface area contributed by atoms with Crippen molar-refractivity contribution in [3.8, 4) is 11.3 Å². The molecule has 0 aliphatic heterocycles. The second-order valence-corrected chi connectivity index (χ2v) is 4.31. The largest absolute Gasteiger partial charge is 0.348 e. The highest BCUT2D eigenvalue weighted by Gasteiger charge is 2.18. The standard InChI is InChI=1S/C19H21N3O/c1-13-5-8-15(9-6-13)19-16(11-18(23)21(3)4)22-12-14(2)7-10-17(22)20-19/h5-10,12H,11H2,1-4H3/i1D3,2D3,3D3,4D3,5D,6D,7D,8D,9D,10D,11D,12D. The summed E-state index contributed by atoms with van der Waals surface area (Å²) in [4.78, 5) is 16.7. The normalized spacial score (nSPS) is 27.1. The zero-order valence-electron chi connectivity index (χ0n) is 31.3. The molecule has 23 heavy (non-hydrogen) atoms. The minimum absolute atomic E-state index is 0.383. The predicted octanol–water partition coefficient (Wildman–Crippen LogP) is 3.25. The van der Waals surface area contributed by atoms with Crippen LogP contribution in [0.5, 0.6) is 0 Å². The van der Waals surface area contributed by atoms with Crippen molar-refractivity contribution in [3.05, 3.63) is 59.2 Å². The fourth-order valence-electron chi connectivity index (χ4n) is 1.82. The number of rotatable bonds is 3. The van der Waals surface area contributed by atoms with Crippen LogP contribution in [-0.2, 0) is 11.2 Å². The number of imidazole rings is 1. The van der Waals surface area contributed by atoms with Crippen molar-refractivity contribution >= 4 is 11.6 Å². The van der Waals surface area contributed by atoms with Crippen molar-refractivity contribution in [2.24, 2.45) is 0 Å². The molecule has 0 aliphatic rings. The van der Waals surface area contributed by atoms with E-state index in [0.29, 0.717) is 4.40 Å². The monoisotopic (exact) mass is 327 g/mol. The first kappa shape index (κ1) is 4.26. The number of hydrogen-bond acceptors (Lipinski definition) is 2. The first-order chi connectivity index (χ1) is 19.2. The summed E-state index contributed by atoms with van der Waals surface area (Å²) in [6, 6.07) is -6.38. The van der Waals surface area contributed by atoms with Gasteiger partial charge in [0.15, 0.2) is 0 Å². The van der Waals surface area contributed by atoms with Gasteiger partial charge in [-0.25, -0.2) is 4.98 Å². The Hall–Kier alpha value is -2.62. The van der Waals surface area contributed by atoms with E-state index >= 15 is 0 Å². The Kier molecular flexibility index (Phi) is 1.09. The van der Waals surface area contributed by atoms with Crippen LogP contribution < -0.4 is 0 Å². The fraction of sp³-hybridized carbons (Fsp3) is 0.263. The maximum absolute atomic E-state index is 13.4. The van der Waals surface area contributed by atoms with Crippen molar-refractivity contribution in [2.75, 3.05) is 14.0 Å². The van der Waals surface area contributed by atoms with Crippen LogP contribution in [0.15, 0.2) is 42.4 Å². The second-order valence-electron chi connectivity index (χ2n) is 4.31. The zero-order chi connectivity index (χ0) is 33.5. The minimum Gasteiger partial charge on any atom is -0.348 e. The lowest BCUT2D eigenvalue weighted by Crippen LogP contribution is -2.24. The van der Waals surface area contributed by atoms with Crippen molar-refractivity contribution < 1.29 is 32.2 Å². The van der Waals surface area contributed by atoms with Gasteiger partial charge >= 0.3 is 0 Å². The number of aromatic nitrogens is 2. The van der Waals surface area contributed by atoms with Crippen LogP contribution in [0.4, 0.5) is 0 Å². The average molecular weight is 328 g/mol. The number of amides is 1. The number of nitrogens with zero attached hydrogens (tertiary/aromatic N) is 3. The maximum atomic E-state index is 13.4. The third-order valence-corrected chi connectivity index (χ3v) is 2.78. The van der Waals surface area contributed by atoms with E-state index in [1.54, 1.807) is 0 Å². The Labute approximate surface area is 164 Å². The molecule has 0 spiro atoms. The Morgan fingerprint density at radius 3 is 2.65 bits per heavy atom. The zero-order valence-corrected chi connectivity index (χ0v) is 11.3. The number of benzene rings is 1. The third-order valence-electron chi connectivity index (χ3n) is 2.78. The van der Waals surface area contributed by atoms with Gasteiger partial charge in [0.2, 0.25) is 5.91 Å². The molecule has 118 valence electrons. The third kappa shape index (κ3) is 2.97. The Morgan fingerprint density at radius 1 is 1.22 bits per heavy atom. The minimum atomic E-state index is -3.67. The van der Waals surface area contributed by atoms with Gasteiger partial charge in [0.1, 0.15) is 5.65 Å². The molecule has 0 radical (unpaired) electrons. The fourth-order valence-corrected chi connectivity index (χ4v) is 1.82. The molecule has 1 aromatic carbocycles. The quantitative estimate of drug-likeness (QED) is 0.740. The van der Waals surface area contributed by atoms with Crippen molar-refractivity contribution in [2.45, 2.75) is 20.1 Å². The van der Waals surface area contributed by atoms with Crippen molar-refractivity contribution in [1.82, 2.24) is 14.3 Å². The van der Waals surface area contributed by atoms with Gasteiger partial charge in [0.05, 0.1) is 27.4 Å². The van der Waals surface area contributed by atoms with E-state index in [-0.39, 0.29) is 0 Å². The molecule has 4 heteroatoms. The Balaban J connectivity index is 2.64. The first-order valence-electron chi connectivity index (χ1n) is 16.1. The molecule has 1 amide bonds. The molecule has 1 atom stereocenters. The van der Waals surface area contributed by atoms with Gasteiger partial charge in [0.25, 0.3) is 0 Å². The smallest absolute Gasteiger partial charge is 0.228 e. The van der Waals surface area contributed by atoms with Crippen LogP contribution >= 0.6 is 0 Å². The lowest BCUT2D eigenvalue weighted by molar-refractivity contribution is -0.128. The highest BCUT2D eigenvalue weighted by atomic mass is 16.2. The second kappa shape index (κ2) is 5.88. The number of hydrogen-bond donors (Lipinski definition) is 0. The topological polar surface area (TPSA) is 37.6 Å². The molecular formula is C19H21N3O. The van der Waals surface area contributed by atoms with E-state index < -0.39 is 121 Å². The number of fused-ring (bicyclic) bond motifs is 1. The summed E-state index contributed by atoms with van der Waals surface area (Å²) in [6.45, 7) is -13.7.